The third-order valence-corrected chi connectivity index (χ3v) is 6.13. The predicted molar refractivity (Wildman–Crippen MR) is 93.8 cm³/mol. The van der Waals surface area contributed by atoms with E-state index in [0.717, 1.165) is 42.7 Å². The molecule has 5 rings (SSSR count). The minimum atomic E-state index is -0.264. The molecule has 3 N–H and O–H groups in total. The van der Waals surface area contributed by atoms with E-state index in [9.17, 15) is 9.59 Å². The van der Waals surface area contributed by atoms with Crippen molar-refractivity contribution in [2.75, 3.05) is 17.7 Å². The van der Waals surface area contributed by atoms with Crippen LogP contribution in [0.25, 0.3) is 0 Å². The fraction of sp³-hybridized carbons (Fsp3) is 0.579. The maximum absolute atomic E-state index is 13.0. The van der Waals surface area contributed by atoms with E-state index in [1.807, 2.05) is 24.3 Å². The predicted octanol–water partition coefficient (Wildman–Crippen LogP) is 3.59. The van der Waals surface area contributed by atoms with Crippen LogP contribution >= 0.6 is 0 Å². The Bertz CT molecular complexity index is 635. The fourth-order valence-electron chi connectivity index (χ4n) is 5.52. The quantitative estimate of drug-likeness (QED) is 0.794. The van der Waals surface area contributed by atoms with Gasteiger partial charge in [-0.25, -0.2) is 4.79 Å². The summed E-state index contributed by atoms with van der Waals surface area (Å²) in [7, 11) is 1.58. The molecular formula is C19H25N3O2. The summed E-state index contributed by atoms with van der Waals surface area (Å²) in [6.45, 7) is 0. The van der Waals surface area contributed by atoms with Crippen LogP contribution in [0.15, 0.2) is 24.3 Å². The Morgan fingerprint density at radius 2 is 1.50 bits per heavy atom. The molecule has 0 heterocycles. The molecular weight excluding hydrogens is 302 g/mol. The average molecular weight is 327 g/mol. The second-order valence-electron chi connectivity index (χ2n) is 7.94. The number of hydrogen-bond acceptors (Lipinski definition) is 2. The highest BCUT2D eigenvalue weighted by Gasteiger charge is 2.54. The number of carbonyl (C=O) groups excluding carboxylic acids is 2. The second-order valence-corrected chi connectivity index (χ2v) is 7.94. The largest absolute Gasteiger partial charge is 0.341 e. The topological polar surface area (TPSA) is 70.2 Å². The second kappa shape index (κ2) is 5.80. The number of nitrogens with one attached hydrogen (secondary N) is 3. The maximum Gasteiger partial charge on any atom is 0.318 e. The Morgan fingerprint density at radius 3 is 2.04 bits per heavy atom. The summed E-state index contributed by atoms with van der Waals surface area (Å²) in [6.07, 6.45) is 7.16. The lowest BCUT2D eigenvalue weighted by Gasteiger charge is -2.55. The van der Waals surface area contributed by atoms with Crippen LogP contribution in [0, 0.1) is 23.2 Å². The van der Waals surface area contributed by atoms with E-state index in [1.165, 1.54) is 19.3 Å². The summed E-state index contributed by atoms with van der Waals surface area (Å²) in [4.78, 5) is 24.5. The maximum atomic E-state index is 13.0. The Balaban J connectivity index is 1.48. The van der Waals surface area contributed by atoms with E-state index < -0.39 is 0 Å². The first-order valence-corrected chi connectivity index (χ1v) is 8.96. The Morgan fingerprint density at radius 1 is 0.958 bits per heavy atom. The summed E-state index contributed by atoms with van der Waals surface area (Å²) in [5.74, 6) is 2.44. The molecule has 4 aliphatic carbocycles. The van der Waals surface area contributed by atoms with Gasteiger partial charge in [0.05, 0.1) is 5.41 Å². The van der Waals surface area contributed by atoms with Gasteiger partial charge in [-0.1, -0.05) is 6.07 Å². The first-order chi connectivity index (χ1) is 11.6. The van der Waals surface area contributed by atoms with Crippen LogP contribution < -0.4 is 16.0 Å². The molecule has 0 aromatic heterocycles. The fourth-order valence-corrected chi connectivity index (χ4v) is 5.52. The van der Waals surface area contributed by atoms with Crippen LogP contribution in [0.5, 0.6) is 0 Å². The number of anilines is 2. The van der Waals surface area contributed by atoms with Crippen LogP contribution in [0.1, 0.15) is 38.5 Å². The molecule has 0 aliphatic heterocycles. The third-order valence-electron chi connectivity index (χ3n) is 6.13. The number of amides is 3. The number of rotatable bonds is 3. The van der Waals surface area contributed by atoms with E-state index in [-0.39, 0.29) is 17.4 Å². The lowest BCUT2D eigenvalue weighted by molar-refractivity contribution is -0.140. The van der Waals surface area contributed by atoms with Crippen molar-refractivity contribution in [3.63, 3.8) is 0 Å². The molecule has 1 aromatic carbocycles. The average Bonchev–Trinajstić information content (AvgIpc) is 2.53. The Kier molecular flexibility index (Phi) is 3.74. The van der Waals surface area contributed by atoms with Crippen LogP contribution in [0.3, 0.4) is 0 Å². The molecule has 0 saturated heterocycles. The van der Waals surface area contributed by atoms with Crippen molar-refractivity contribution in [3.05, 3.63) is 24.3 Å². The molecule has 4 fully saturated rings. The number of carbonyl (C=O) groups is 2. The molecule has 5 heteroatoms. The molecule has 0 atom stereocenters. The van der Waals surface area contributed by atoms with Gasteiger partial charge in [-0.15, -0.1) is 0 Å². The molecule has 0 radical (unpaired) electrons. The zero-order valence-corrected chi connectivity index (χ0v) is 14.1. The summed E-state index contributed by atoms with van der Waals surface area (Å²) >= 11 is 0. The lowest BCUT2D eigenvalue weighted by atomic mass is 9.49. The van der Waals surface area contributed by atoms with Crippen LogP contribution in [-0.4, -0.2) is 19.0 Å². The third kappa shape index (κ3) is 2.76. The lowest BCUT2D eigenvalue weighted by Crippen LogP contribution is -2.51. The van der Waals surface area contributed by atoms with Gasteiger partial charge in [-0.2, -0.15) is 0 Å². The van der Waals surface area contributed by atoms with Gasteiger partial charge in [0.2, 0.25) is 5.91 Å². The van der Waals surface area contributed by atoms with Gasteiger partial charge in [-0.05, 0) is 74.5 Å². The molecule has 24 heavy (non-hydrogen) atoms. The van der Waals surface area contributed by atoms with E-state index in [4.69, 9.17) is 0 Å². The molecule has 4 aliphatic rings. The monoisotopic (exact) mass is 327 g/mol. The molecule has 4 bridgehead atoms. The van der Waals surface area contributed by atoms with Gasteiger partial charge in [0, 0.05) is 18.4 Å². The Labute approximate surface area is 142 Å². The van der Waals surface area contributed by atoms with Crippen molar-refractivity contribution < 1.29 is 9.59 Å². The van der Waals surface area contributed by atoms with Gasteiger partial charge in [-0.3, -0.25) is 4.79 Å². The highest BCUT2D eigenvalue weighted by Crippen LogP contribution is 2.60. The van der Waals surface area contributed by atoms with E-state index in [2.05, 4.69) is 16.0 Å². The van der Waals surface area contributed by atoms with Crippen LogP contribution in [-0.2, 0) is 4.79 Å². The number of hydrogen-bond donors (Lipinski definition) is 3. The molecule has 1 aromatic rings. The first kappa shape index (κ1) is 15.5. The highest BCUT2D eigenvalue weighted by molar-refractivity contribution is 5.97. The van der Waals surface area contributed by atoms with Gasteiger partial charge in [0.25, 0.3) is 0 Å². The summed E-state index contributed by atoms with van der Waals surface area (Å²) in [5, 5.41) is 8.38. The van der Waals surface area contributed by atoms with E-state index in [0.29, 0.717) is 5.69 Å². The number of benzene rings is 1. The molecule has 0 spiro atoms. The first-order valence-electron chi connectivity index (χ1n) is 8.96. The molecule has 5 nitrogen and oxygen atoms in total. The van der Waals surface area contributed by atoms with Crippen LogP contribution in [0.4, 0.5) is 16.2 Å². The summed E-state index contributed by atoms with van der Waals surface area (Å²) in [6, 6.07) is 7.09. The van der Waals surface area contributed by atoms with E-state index in [1.54, 1.807) is 7.05 Å². The molecule has 0 unspecified atom stereocenters. The Hall–Kier alpha value is -2.04. The minimum absolute atomic E-state index is 0.154. The van der Waals surface area contributed by atoms with Crippen molar-refractivity contribution in [2.24, 2.45) is 23.2 Å². The smallest absolute Gasteiger partial charge is 0.318 e. The minimum Gasteiger partial charge on any atom is -0.341 e. The van der Waals surface area contributed by atoms with Gasteiger partial charge >= 0.3 is 6.03 Å². The highest BCUT2D eigenvalue weighted by atomic mass is 16.2. The van der Waals surface area contributed by atoms with Crippen molar-refractivity contribution in [3.8, 4) is 0 Å². The van der Waals surface area contributed by atoms with Gasteiger partial charge in [0.15, 0.2) is 0 Å². The van der Waals surface area contributed by atoms with Crippen molar-refractivity contribution in [2.45, 2.75) is 38.5 Å². The molecule has 128 valence electrons. The zero-order valence-electron chi connectivity index (χ0n) is 14.1. The SMILES string of the molecule is CNC(=O)Nc1cccc(NC(=O)C23CC4CC(CC(C4)C2)C3)c1. The molecule has 4 saturated carbocycles. The van der Waals surface area contributed by atoms with E-state index >= 15 is 0 Å². The number of urea groups is 1. The standard InChI is InChI=1S/C19H25N3O2/c1-20-18(24)22-16-4-2-3-15(8-16)21-17(23)19-9-12-5-13(10-19)7-14(6-12)11-19/h2-4,8,12-14H,5-7,9-11H2,1H3,(H,21,23)(H2,20,22,24). The van der Waals surface area contributed by atoms with Crippen LogP contribution in [0.2, 0.25) is 0 Å². The van der Waals surface area contributed by atoms with Gasteiger partial charge < -0.3 is 16.0 Å². The van der Waals surface area contributed by atoms with Crippen molar-refractivity contribution in [1.82, 2.24) is 5.32 Å². The van der Waals surface area contributed by atoms with Crippen molar-refractivity contribution in [1.29, 1.82) is 0 Å². The summed E-state index contributed by atoms with van der Waals surface area (Å²) < 4.78 is 0. The normalized spacial score (nSPS) is 33.1. The zero-order chi connectivity index (χ0) is 16.7. The van der Waals surface area contributed by atoms with Gasteiger partial charge in [0.1, 0.15) is 0 Å². The molecule has 3 amide bonds. The summed E-state index contributed by atoms with van der Waals surface area (Å²) in [5.41, 5.74) is 1.28. The van der Waals surface area contributed by atoms with Crippen molar-refractivity contribution >= 4 is 23.3 Å².